The van der Waals surface area contributed by atoms with Gasteiger partial charge in [-0.15, -0.1) is 11.3 Å². The Morgan fingerprint density at radius 3 is 2.92 bits per heavy atom. The molecule has 0 aromatic carbocycles. The average Bonchev–Trinajstić information content (AvgIpc) is 2.44. The van der Waals surface area contributed by atoms with Gasteiger partial charge in [-0.25, -0.2) is 4.79 Å². The average molecular weight is 203 g/mol. The SMILES string of the molecule is O=C(O)c1c(Cl)sc2c1CCC2. The van der Waals surface area contributed by atoms with Crippen molar-refractivity contribution in [3.05, 3.63) is 20.3 Å². The van der Waals surface area contributed by atoms with Crippen LogP contribution in [-0.4, -0.2) is 11.1 Å². The highest BCUT2D eigenvalue weighted by Crippen LogP contribution is 2.38. The zero-order chi connectivity index (χ0) is 8.72. The van der Waals surface area contributed by atoms with E-state index in [1.54, 1.807) is 0 Å². The number of carboxylic acids is 1. The van der Waals surface area contributed by atoms with E-state index in [9.17, 15) is 4.79 Å². The van der Waals surface area contributed by atoms with Gasteiger partial charge >= 0.3 is 5.97 Å². The molecule has 0 aliphatic heterocycles. The maximum Gasteiger partial charge on any atom is 0.338 e. The second-order valence-electron chi connectivity index (χ2n) is 2.81. The first-order chi connectivity index (χ1) is 5.70. The predicted octanol–water partition coefficient (Wildman–Crippen LogP) is 2.59. The van der Waals surface area contributed by atoms with E-state index in [1.165, 1.54) is 11.3 Å². The first-order valence-corrected chi connectivity index (χ1v) is 4.93. The second-order valence-corrected chi connectivity index (χ2v) is 4.52. The Kier molecular flexibility index (Phi) is 1.85. The van der Waals surface area contributed by atoms with Gasteiger partial charge in [0.1, 0.15) is 4.34 Å². The number of halogens is 1. The molecule has 1 N–H and O–H groups in total. The number of fused-ring (bicyclic) bond motifs is 1. The molecule has 1 aromatic rings. The van der Waals surface area contributed by atoms with E-state index >= 15 is 0 Å². The number of hydrogen-bond acceptors (Lipinski definition) is 2. The van der Waals surface area contributed by atoms with Crippen LogP contribution in [0.25, 0.3) is 0 Å². The standard InChI is InChI=1S/C8H7ClO2S/c9-7-6(8(10)11)4-2-1-3-5(4)12-7/h1-3H2,(H,10,11). The van der Waals surface area contributed by atoms with Crippen molar-refractivity contribution in [2.75, 3.05) is 0 Å². The summed E-state index contributed by atoms with van der Waals surface area (Å²) in [4.78, 5) is 11.9. The smallest absolute Gasteiger partial charge is 0.338 e. The molecule has 0 atom stereocenters. The largest absolute Gasteiger partial charge is 0.478 e. The first-order valence-electron chi connectivity index (χ1n) is 3.73. The summed E-state index contributed by atoms with van der Waals surface area (Å²) in [6, 6.07) is 0. The van der Waals surface area contributed by atoms with Crippen LogP contribution in [0.4, 0.5) is 0 Å². The molecule has 1 aromatic heterocycles. The summed E-state index contributed by atoms with van der Waals surface area (Å²) in [5, 5.41) is 8.84. The van der Waals surface area contributed by atoms with Crippen LogP contribution in [0, 0.1) is 0 Å². The monoisotopic (exact) mass is 202 g/mol. The van der Waals surface area contributed by atoms with Crippen molar-refractivity contribution in [2.24, 2.45) is 0 Å². The van der Waals surface area contributed by atoms with Gasteiger partial charge in [0, 0.05) is 4.88 Å². The van der Waals surface area contributed by atoms with Crippen LogP contribution >= 0.6 is 22.9 Å². The molecule has 0 amide bonds. The molecule has 0 unspecified atom stereocenters. The van der Waals surface area contributed by atoms with Gasteiger partial charge in [0.15, 0.2) is 0 Å². The molecule has 12 heavy (non-hydrogen) atoms. The van der Waals surface area contributed by atoms with Gasteiger partial charge in [-0.1, -0.05) is 11.6 Å². The predicted molar refractivity (Wildman–Crippen MR) is 48.3 cm³/mol. The fraction of sp³-hybridized carbons (Fsp3) is 0.375. The minimum absolute atomic E-state index is 0.342. The van der Waals surface area contributed by atoms with Crippen LogP contribution in [0.5, 0.6) is 0 Å². The number of carboxylic acid groups (broad SMARTS) is 1. The summed E-state index contributed by atoms with van der Waals surface area (Å²) >= 11 is 7.21. The van der Waals surface area contributed by atoms with Gasteiger partial charge in [0.25, 0.3) is 0 Å². The van der Waals surface area contributed by atoms with E-state index in [-0.39, 0.29) is 0 Å². The highest BCUT2D eigenvalue weighted by molar-refractivity contribution is 7.16. The highest BCUT2D eigenvalue weighted by Gasteiger charge is 2.24. The van der Waals surface area contributed by atoms with Crippen molar-refractivity contribution in [3.63, 3.8) is 0 Å². The lowest BCUT2D eigenvalue weighted by Gasteiger charge is -1.93. The molecular weight excluding hydrogens is 196 g/mol. The molecule has 0 bridgehead atoms. The van der Waals surface area contributed by atoms with Gasteiger partial charge in [-0.2, -0.15) is 0 Å². The van der Waals surface area contributed by atoms with Gasteiger partial charge in [-0.3, -0.25) is 0 Å². The summed E-state index contributed by atoms with van der Waals surface area (Å²) < 4.78 is 0.437. The lowest BCUT2D eigenvalue weighted by Crippen LogP contribution is -1.98. The van der Waals surface area contributed by atoms with Crippen LogP contribution in [0.3, 0.4) is 0 Å². The van der Waals surface area contributed by atoms with Crippen molar-refractivity contribution in [3.8, 4) is 0 Å². The van der Waals surface area contributed by atoms with E-state index in [2.05, 4.69) is 0 Å². The Hall–Kier alpha value is -0.540. The van der Waals surface area contributed by atoms with Gasteiger partial charge in [-0.05, 0) is 24.8 Å². The molecule has 2 rings (SSSR count). The molecule has 1 heterocycles. The van der Waals surface area contributed by atoms with Crippen molar-refractivity contribution < 1.29 is 9.90 Å². The lowest BCUT2D eigenvalue weighted by molar-refractivity contribution is 0.0696. The van der Waals surface area contributed by atoms with Gasteiger partial charge in [0.05, 0.1) is 5.56 Å². The Morgan fingerprint density at radius 1 is 1.50 bits per heavy atom. The number of aromatic carboxylic acids is 1. The number of thiophene rings is 1. The second kappa shape index (κ2) is 2.75. The summed E-state index contributed by atoms with van der Waals surface area (Å²) in [6.45, 7) is 0. The Bertz CT molecular complexity index is 343. The number of hydrogen-bond donors (Lipinski definition) is 1. The Labute approximate surface area is 78.8 Å². The summed E-state index contributed by atoms with van der Waals surface area (Å²) in [5.41, 5.74) is 1.31. The summed E-state index contributed by atoms with van der Waals surface area (Å²) in [5.74, 6) is -0.889. The van der Waals surface area contributed by atoms with E-state index < -0.39 is 5.97 Å². The van der Waals surface area contributed by atoms with Crippen molar-refractivity contribution in [1.29, 1.82) is 0 Å². The molecule has 2 nitrogen and oxygen atoms in total. The third kappa shape index (κ3) is 1.04. The van der Waals surface area contributed by atoms with E-state index in [0.717, 1.165) is 29.7 Å². The molecule has 0 saturated heterocycles. The molecular formula is C8H7ClO2S. The van der Waals surface area contributed by atoms with Gasteiger partial charge in [0.2, 0.25) is 0 Å². The minimum atomic E-state index is -0.889. The van der Waals surface area contributed by atoms with Crippen LogP contribution in [-0.2, 0) is 12.8 Å². The molecule has 4 heteroatoms. The Balaban J connectivity index is 2.59. The van der Waals surface area contributed by atoms with Crippen molar-refractivity contribution in [2.45, 2.75) is 19.3 Å². The van der Waals surface area contributed by atoms with Gasteiger partial charge < -0.3 is 5.11 Å². The maximum absolute atomic E-state index is 10.8. The number of carbonyl (C=O) groups is 1. The first kappa shape index (κ1) is 8.08. The molecule has 0 saturated carbocycles. The maximum atomic E-state index is 10.8. The summed E-state index contributed by atoms with van der Waals surface area (Å²) in [7, 11) is 0. The van der Waals surface area contributed by atoms with E-state index in [0.29, 0.717) is 9.90 Å². The van der Waals surface area contributed by atoms with Crippen molar-refractivity contribution in [1.82, 2.24) is 0 Å². The van der Waals surface area contributed by atoms with Crippen LogP contribution < -0.4 is 0 Å². The molecule has 64 valence electrons. The van der Waals surface area contributed by atoms with E-state index in [4.69, 9.17) is 16.7 Å². The Morgan fingerprint density at radius 2 is 2.25 bits per heavy atom. The third-order valence-corrected chi connectivity index (χ3v) is 3.59. The molecule has 0 radical (unpaired) electrons. The third-order valence-electron chi connectivity index (χ3n) is 2.09. The molecule has 1 aliphatic carbocycles. The highest BCUT2D eigenvalue weighted by atomic mass is 35.5. The number of aryl methyl sites for hydroxylation is 1. The fourth-order valence-corrected chi connectivity index (χ4v) is 3.16. The normalized spacial score (nSPS) is 14.8. The zero-order valence-electron chi connectivity index (χ0n) is 6.26. The minimum Gasteiger partial charge on any atom is -0.478 e. The summed E-state index contributed by atoms with van der Waals surface area (Å²) in [6.07, 6.45) is 2.94. The molecule has 0 spiro atoms. The van der Waals surface area contributed by atoms with Crippen LogP contribution in [0.2, 0.25) is 4.34 Å². The topological polar surface area (TPSA) is 37.3 Å². The molecule has 0 fully saturated rings. The van der Waals surface area contributed by atoms with Crippen molar-refractivity contribution >= 4 is 28.9 Å². The number of rotatable bonds is 1. The fourth-order valence-electron chi connectivity index (χ4n) is 1.58. The van der Waals surface area contributed by atoms with Crippen LogP contribution in [0.15, 0.2) is 0 Å². The zero-order valence-corrected chi connectivity index (χ0v) is 7.84. The van der Waals surface area contributed by atoms with Crippen LogP contribution in [0.1, 0.15) is 27.2 Å². The lowest BCUT2D eigenvalue weighted by atomic mass is 10.1. The quantitative estimate of drug-likeness (QED) is 0.760. The molecule has 1 aliphatic rings. The van der Waals surface area contributed by atoms with E-state index in [1.807, 2.05) is 0 Å².